The Labute approximate surface area is 134 Å². The molecular formula is C17H18N4O2. The number of benzene rings is 1. The van der Waals surface area contributed by atoms with Crippen LogP contribution in [0, 0.1) is 0 Å². The molecule has 1 aromatic heterocycles. The van der Waals surface area contributed by atoms with Crippen molar-refractivity contribution in [3.05, 3.63) is 53.9 Å². The molecule has 1 aliphatic carbocycles. The topological polar surface area (TPSA) is 78.7 Å². The zero-order valence-electron chi connectivity index (χ0n) is 12.7. The number of carbonyl (C=O) groups is 1. The Kier molecular flexibility index (Phi) is 4.61. The van der Waals surface area contributed by atoms with Crippen LogP contribution in [0.2, 0.25) is 0 Å². The molecule has 1 heterocycles. The molecule has 1 saturated carbocycles. The van der Waals surface area contributed by atoms with Crippen LogP contribution in [0.1, 0.15) is 30.5 Å². The maximum atomic E-state index is 11.5. The number of carboxylic acid groups (broad SMARTS) is 1. The molecule has 0 bridgehead atoms. The van der Waals surface area contributed by atoms with Crippen molar-refractivity contribution < 1.29 is 9.90 Å². The van der Waals surface area contributed by atoms with Crippen LogP contribution in [-0.2, 0) is 6.54 Å². The number of amides is 1. The summed E-state index contributed by atoms with van der Waals surface area (Å²) in [4.78, 5) is 25.5. The van der Waals surface area contributed by atoms with Crippen LogP contribution in [0.5, 0.6) is 0 Å². The third kappa shape index (κ3) is 3.91. The normalized spacial score (nSPS) is 14.6. The fourth-order valence-electron chi connectivity index (χ4n) is 2.27. The lowest BCUT2D eigenvalue weighted by Crippen LogP contribution is -2.30. The lowest BCUT2D eigenvalue weighted by Gasteiger charge is -2.20. The molecule has 1 aliphatic rings. The molecule has 0 aliphatic heterocycles. The van der Waals surface area contributed by atoms with Crippen LogP contribution in [0.4, 0.5) is 10.7 Å². The van der Waals surface area contributed by atoms with E-state index in [2.05, 4.69) is 15.0 Å². The lowest BCUT2D eigenvalue weighted by atomic mass is 9.94. The van der Waals surface area contributed by atoms with E-state index >= 15 is 0 Å². The Bertz CT molecular complexity index is 699. The number of nitrogens with zero attached hydrogens (tertiary/aromatic N) is 4. The van der Waals surface area contributed by atoms with E-state index in [0.717, 1.165) is 23.3 Å². The summed E-state index contributed by atoms with van der Waals surface area (Å²) in [5, 5.41) is 9.46. The van der Waals surface area contributed by atoms with Crippen molar-refractivity contribution >= 4 is 18.3 Å². The number of hydrogen-bond acceptors (Lipinski definition) is 4. The predicted octanol–water partition coefficient (Wildman–Crippen LogP) is 3.13. The lowest BCUT2D eigenvalue weighted by molar-refractivity contribution is 0.201. The SMILES string of the molecule is O=C(O)N(Cc1ccccc1)c1nccc(/C=N/C2CCC2)n1. The Morgan fingerprint density at radius 2 is 2.09 bits per heavy atom. The maximum absolute atomic E-state index is 11.5. The van der Waals surface area contributed by atoms with Gasteiger partial charge in [-0.15, -0.1) is 0 Å². The van der Waals surface area contributed by atoms with Crippen LogP contribution in [-0.4, -0.2) is 33.4 Å². The molecular weight excluding hydrogens is 292 g/mol. The van der Waals surface area contributed by atoms with E-state index in [4.69, 9.17) is 0 Å². The summed E-state index contributed by atoms with van der Waals surface area (Å²) in [6.07, 6.45) is 5.64. The van der Waals surface area contributed by atoms with Crippen molar-refractivity contribution in [3.8, 4) is 0 Å². The minimum Gasteiger partial charge on any atom is -0.465 e. The van der Waals surface area contributed by atoms with Gasteiger partial charge in [0.05, 0.1) is 18.3 Å². The maximum Gasteiger partial charge on any atom is 0.414 e. The highest BCUT2D eigenvalue weighted by Crippen LogP contribution is 2.21. The molecule has 0 saturated heterocycles. The summed E-state index contributed by atoms with van der Waals surface area (Å²) in [6, 6.07) is 11.5. The molecule has 0 radical (unpaired) electrons. The van der Waals surface area contributed by atoms with Gasteiger partial charge in [0, 0.05) is 12.4 Å². The van der Waals surface area contributed by atoms with Crippen molar-refractivity contribution in [2.45, 2.75) is 31.8 Å². The number of hydrogen-bond donors (Lipinski definition) is 1. The average Bonchev–Trinajstić information content (AvgIpc) is 2.52. The van der Waals surface area contributed by atoms with Crippen LogP contribution >= 0.6 is 0 Å². The first-order valence-electron chi connectivity index (χ1n) is 7.63. The molecule has 6 nitrogen and oxygen atoms in total. The van der Waals surface area contributed by atoms with E-state index in [0.29, 0.717) is 11.7 Å². The highest BCUT2D eigenvalue weighted by Gasteiger charge is 2.18. The predicted molar refractivity (Wildman–Crippen MR) is 87.9 cm³/mol. The summed E-state index contributed by atoms with van der Waals surface area (Å²) >= 11 is 0. The second-order valence-corrected chi connectivity index (χ2v) is 5.50. The Hall–Kier alpha value is -2.76. The fourth-order valence-corrected chi connectivity index (χ4v) is 2.27. The van der Waals surface area contributed by atoms with Crippen molar-refractivity contribution in [1.29, 1.82) is 0 Å². The molecule has 23 heavy (non-hydrogen) atoms. The first kappa shape index (κ1) is 15.1. The third-order valence-corrected chi connectivity index (χ3v) is 3.81. The number of aliphatic imine (C=N–C) groups is 1. The first-order valence-corrected chi connectivity index (χ1v) is 7.63. The van der Waals surface area contributed by atoms with Crippen molar-refractivity contribution in [1.82, 2.24) is 9.97 Å². The van der Waals surface area contributed by atoms with Gasteiger partial charge >= 0.3 is 6.09 Å². The molecule has 0 unspecified atom stereocenters. The molecule has 2 aromatic rings. The molecule has 118 valence electrons. The molecule has 1 aromatic carbocycles. The molecule has 1 N–H and O–H groups in total. The van der Waals surface area contributed by atoms with Gasteiger partial charge in [-0.05, 0) is 30.9 Å². The standard InChI is InChI=1S/C17H18N4O2/c22-17(23)21(12-13-5-2-1-3-6-13)16-18-10-9-15(20-16)11-19-14-7-4-8-14/h1-3,5-6,9-11,14H,4,7-8,12H2,(H,22,23)/b19-11+. The van der Waals surface area contributed by atoms with Crippen LogP contribution < -0.4 is 4.90 Å². The van der Waals surface area contributed by atoms with Crippen LogP contribution in [0.3, 0.4) is 0 Å². The summed E-state index contributed by atoms with van der Waals surface area (Å²) in [7, 11) is 0. The minimum absolute atomic E-state index is 0.166. The van der Waals surface area contributed by atoms with Gasteiger partial charge in [0.1, 0.15) is 0 Å². The molecule has 1 fully saturated rings. The molecule has 3 rings (SSSR count). The molecule has 0 spiro atoms. The smallest absolute Gasteiger partial charge is 0.414 e. The van der Waals surface area contributed by atoms with E-state index in [1.807, 2.05) is 30.3 Å². The largest absolute Gasteiger partial charge is 0.465 e. The van der Waals surface area contributed by atoms with Gasteiger partial charge in [-0.1, -0.05) is 30.3 Å². The van der Waals surface area contributed by atoms with E-state index < -0.39 is 6.09 Å². The van der Waals surface area contributed by atoms with E-state index in [1.54, 1.807) is 18.5 Å². The van der Waals surface area contributed by atoms with Gasteiger partial charge in [-0.3, -0.25) is 4.99 Å². The summed E-state index contributed by atoms with van der Waals surface area (Å²) in [5.74, 6) is 0.166. The van der Waals surface area contributed by atoms with E-state index in [-0.39, 0.29) is 12.5 Å². The highest BCUT2D eigenvalue weighted by atomic mass is 16.4. The molecule has 6 heteroatoms. The van der Waals surface area contributed by atoms with Crippen molar-refractivity contribution in [2.75, 3.05) is 4.90 Å². The highest BCUT2D eigenvalue weighted by molar-refractivity contribution is 5.84. The Morgan fingerprint density at radius 3 is 2.74 bits per heavy atom. The third-order valence-electron chi connectivity index (χ3n) is 3.81. The van der Waals surface area contributed by atoms with Crippen molar-refractivity contribution in [2.24, 2.45) is 4.99 Å². The number of rotatable bonds is 5. The zero-order chi connectivity index (χ0) is 16.1. The van der Waals surface area contributed by atoms with Gasteiger partial charge in [0.25, 0.3) is 0 Å². The minimum atomic E-state index is -1.08. The van der Waals surface area contributed by atoms with E-state index in [9.17, 15) is 9.90 Å². The zero-order valence-corrected chi connectivity index (χ0v) is 12.7. The first-order chi connectivity index (χ1) is 11.2. The van der Waals surface area contributed by atoms with Crippen LogP contribution in [0.15, 0.2) is 47.6 Å². The quantitative estimate of drug-likeness (QED) is 0.861. The van der Waals surface area contributed by atoms with Gasteiger partial charge < -0.3 is 5.11 Å². The van der Waals surface area contributed by atoms with Gasteiger partial charge in [-0.2, -0.15) is 0 Å². The summed E-state index contributed by atoms with van der Waals surface area (Å²) in [6.45, 7) is 0.208. The summed E-state index contributed by atoms with van der Waals surface area (Å²) in [5.41, 5.74) is 1.51. The number of anilines is 1. The molecule has 0 atom stereocenters. The van der Waals surface area contributed by atoms with Gasteiger partial charge in [0.15, 0.2) is 0 Å². The van der Waals surface area contributed by atoms with Gasteiger partial charge in [0.2, 0.25) is 5.95 Å². The second kappa shape index (κ2) is 7.00. The molecule has 1 amide bonds. The number of aromatic nitrogens is 2. The second-order valence-electron chi connectivity index (χ2n) is 5.50. The average molecular weight is 310 g/mol. The van der Waals surface area contributed by atoms with E-state index in [1.165, 1.54) is 6.42 Å². The van der Waals surface area contributed by atoms with Crippen molar-refractivity contribution in [3.63, 3.8) is 0 Å². The summed E-state index contributed by atoms with van der Waals surface area (Å²) < 4.78 is 0. The Morgan fingerprint density at radius 1 is 1.30 bits per heavy atom. The monoisotopic (exact) mass is 310 g/mol. The van der Waals surface area contributed by atoms with Gasteiger partial charge in [-0.25, -0.2) is 19.7 Å². The fraction of sp³-hybridized carbons (Fsp3) is 0.294. The van der Waals surface area contributed by atoms with Crippen LogP contribution in [0.25, 0.3) is 0 Å². The Balaban J connectivity index is 1.79.